The molecule has 1 aliphatic carbocycles. The van der Waals surface area contributed by atoms with Crippen molar-refractivity contribution in [2.45, 2.75) is 58.5 Å². The molecule has 4 nitrogen and oxygen atoms in total. The zero-order valence-corrected chi connectivity index (χ0v) is 16.0. The Morgan fingerprint density at radius 3 is 2.42 bits per heavy atom. The highest BCUT2D eigenvalue weighted by molar-refractivity contribution is 5.85. The smallest absolute Gasteiger partial charge is 0.223 e. The van der Waals surface area contributed by atoms with Gasteiger partial charge in [0.1, 0.15) is 5.75 Å². The Balaban J connectivity index is 0.00000288. The number of hydrogen-bond acceptors (Lipinski definition) is 3. The van der Waals surface area contributed by atoms with E-state index in [1.54, 1.807) is 0 Å². The Hall–Kier alpha value is -1.26. The number of carbonyl (C=O) groups excluding carboxylic acids is 1. The number of hydrogen-bond donors (Lipinski definition) is 2. The zero-order chi connectivity index (χ0) is 17.0. The molecule has 1 amide bonds. The maximum Gasteiger partial charge on any atom is 0.223 e. The lowest BCUT2D eigenvalue weighted by Crippen LogP contribution is -2.43. The SMILES string of the molecule is CC(C)COc1ccc(C(C)(C)NC(=O)C2CCC(N)C2)cc1.Cl. The lowest BCUT2D eigenvalue weighted by molar-refractivity contribution is -0.126. The molecule has 5 heteroatoms. The lowest BCUT2D eigenvalue weighted by Gasteiger charge is -2.28. The first-order valence-corrected chi connectivity index (χ1v) is 8.59. The highest BCUT2D eigenvalue weighted by Crippen LogP contribution is 2.28. The summed E-state index contributed by atoms with van der Waals surface area (Å²) in [6.07, 6.45) is 2.63. The molecule has 2 unspecified atom stereocenters. The van der Waals surface area contributed by atoms with Crippen molar-refractivity contribution in [3.8, 4) is 5.75 Å². The lowest BCUT2D eigenvalue weighted by atomic mass is 9.93. The molecule has 0 aliphatic heterocycles. The third-order valence-corrected chi connectivity index (χ3v) is 4.44. The first kappa shape index (κ1) is 20.8. The third-order valence-electron chi connectivity index (χ3n) is 4.44. The van der Waals surface area contributed by atoms with Gasteiger partial charge in [0, 0.05) is 12.0 Å². The maximum atomic E-state index is 12.4. The fourth-order valence-electron chi connectivity index (χ4n) is 2.97. The van der Waals surface area contributed by atoms with Crippen molar-refractivity contribution in [3.05, 3.63) is 29.8 Å². The molecule has 1 aliphatic rings. The second kappa shape index (κ2) is 8.72. The van der Waals surface area contributed by atoms with Crippen LogP contribution in [-0.2, 0) is 10.3 Å². The van der Waals surface area contributed by atoms with Gasteiger partial charge in [-0.25, -0.2) is 0 Å². The van der Waals surface area contributed by atoms with Crippen molar-refractivity contribution >= 4 is 18.3 Å². The second-order valence-electron chi connectivity index (χ2n) is 7.61. The summed E-state index contributed by atoms with van der Waals surface area (Å²) in [5.74, 6) is 1.54. The molecule has 2 atom stereocenters. The van der Waals surface area contributed by atoms with Crippen LogP contribution in [0.3, 0.4) is 0 Å². The Kier molecular flexibility index (Phi) is 7.56. The van der Waals surface area contributed by atoms with E-state index in [0.29, 0.717) is 12.5 Å². The fraction of sp³-hybridized carbons (Fsp3) is 0.632. The summed E-state index contributed by atoms with van der Waals surface area (Å²) in [4.78, 5) is 12.4. The van der Waals surface area contributed by atoms with Crippen LogP contribution in [0.25, 0.3) is 0 Å². The number of amides is 1. The summed E-state index contributed by atoms with van der Waals surface area (Å²) < 4.78 is 5.71. The third kappa shape index (κ3) is 5.67. The van der Waals surface area contributed by atoms with Gasteiger partial charge in [0.25, 0.3) is 0 Å². The molecular formula is C19H31ClN2O2. The first-order chi connectivity index (χ1) is 10.8. The minimum absolute atomic E-state index is 0. The van der Waals surface area contributed by atoms with Crippen LogP contribution in [0, 0.1) is 11.8 Å². The predicted octanol–water partition coefficient (Wildman–Crippen LogP) is 3.62. The van der Waals surface area contributed by atoms with E-state index in [1.807, 2.05) is 38.1 Å². The van der Waals surface area contributed by atoms with Crippen molar-refractivity contribution in [1.29, 1.82) is 0 Å². The van der Waals surface area contributed by atoms with E-state index in [4.69, 9.17) is 10.5 Å². The molecule has 0 aromatic heterocycles. The van der Waals surface area contributed by atoms with Crippen molar-refractivity contribution in [2.24, 2.45) is 17.6 Å². The van der Waals surface area contributed by atoms with E-state index >= 15 is 0 Å². The average Bonchev–Trinajstić information content (AvgIpc) is 2.92. The van der Waals surface area contributed by atoms with Gasteiger partial charge in [0.05, 0.1) is 12.1 Å². The highest BCUT2D eigenvalue weighted by Gasteiger charge is 2.31. The molecule has 0 bridgehead atoms. The van der Waals surface area contributed by atoms with Crippen LogP contribution in [0.4, 0.5) is 0 Å². The largest absolute Gasteiger partial charge is 0.493 e. The van der Waals surface area contributed by atoms with Gasteiger partial charge in [-0.2, -0.15) is 0 Å². The average molecular weight is 355 g/mol. The van der Waals surface area contributed by atoms with Gasteiger partial charge in [-0.05, 0) is 56.7 Å². The van der Waals surface area contributed by atoms with E-state index in [1.165, 1.54) is 0 Å². The molecular weight excluding hydrogens is 324 g/mol. The zero-order valence-electron chi connectivity index (χ0n) is 15.2. The molecule has 2 rings (SSSR count). The number of rotatable bonds is 6. The maximum absolute atomic E-state index is 12.4. The summed E-state index contributed by atoms with van der Waals surface area (Å²) in [5.41, 5.74) is 6.58. The van der Waals surface area contributed by atoms with Crippen LogP contribution in [0.2, 0.25) is 0 Å². The second-order valence-corrected chi connectivity index (χ2v) is 7.61. The molecule has 1 aromatic rings. The number of nitrogens with one attached hydrogen (secondary N) is 1. The van der Waals surface area contributed by atoms with E-state index in [9.17, 15) is 4.79 Å². The molecule has 0 heterocycles. The summed E-state index contributed by atoms with van der Waals surface area (Å²) in [5, 5.41) is 3.17. The normalized spacial score (nSPS) is 20.6. The van der Waals surface area contributed by atoms with Gasteiger partial charge >= 0.3 is 0 Å². The van der Waals surface area contributed by atoms with Crippen molar-refractivity contribution < 1.29 is 9.53 Å². The molecule has 1 fully saturated rings. The van der Waals surface area contributed by atoms with Gasteiger partial charge in [0.15, 0.2) is 0 Å². The van der Waals surface area contributed by atoms with Gasteiger partial charge in [-0.3, -0.25) is 4.79 Å². The van der Waals surface area contributed by atoms with Crippen LogP contribution in [0.15, 0.2) is 24.3 Å². The number of halogens is 1. The van der Waals surface area contributed by atoms with Crippen LogP contribution in [0.1, 0.15) is 52.5 Å². The first-order valence-electron chi connectivity index (χ1n) is 8.59. The van der Waals surface area contributed by atoms with Gasteiger partial charge in [-0.15, -0.1) is 12.4 Å². The van der Waals surface area contributed by atoms with Gasteiger partial charge in [-0.1, -0.05) is 26.0 Å². The minimum atomic E-state index is -0.402. The summed E-state index contributed by atoms with van der Waals surface area (Å²) in [6, 6.07) is 8.16. The van der Waals surface area contributed by atoms with Crippen molar-refractivity contribution in [1.82, 2.24) is 5.32 Å². The number of carbonyl (C=O) groups is 1. The Morgan fingerprint density at radius 1 is 1.29 bits per heavy atom. The standard InChI is InChI=1S/C19H30N2O2.ClH/c1-13(2)12-23-17-9-6-15(7-10-17)19(3,4)21-18(22)14-5-8-16(20)11-14;/h6-7,9-10,13-14,16H,5,8,11-12,20H2,1-4H3,(H,21,22);1H. The molecule has 0 radical (unpaired) electrons. The molecule has 24 heavy (non-hydrogen) atoms. The minimum Gasteiger partial charge on any atom is -0.493 e. The molecule has 136 valence electrons. The summed E-state index contributed by atoms with van der Waals surface area (Å²) >= 11 is 0. The Labute approximate surface area is 151 Å². The Bertz CT molecular complexity index is 529. The molecule has 3 N–H and O–H groups in total. The summed E-state index contributed by atoms with van der Waals surface area (Å²) in [7, 11) is 0. The van der Waals surface area contributed by atoms with Crippen LogP contribution in [-0.4, -0.2) is 18.6 Å². The van der Waals surface area contributed by atoms with Crippen LogP contribution >= 0.6 is 12.4 Å². The van der Waals surface area contributed by atoms with E-state index in [-0.39, 0.29) is 30.3 Å². The molecule has 1 aromatic carbocycles. The summed E-state index contributed by atoms with van der Waals surface area (Å²) in [6.45, 7) is 9.03. The fourth-order valence-corrected chi connectivity index (χ4v) is 2.97. The number of nitrogens with two attached hydrogens (primary N) is 1. The van der Waals surface area contributed by atoms with Crippen LogP contribution in [0.5, 0.6) is 5.75 Å². The van der Waals surface area contributed by atoms with Crippen molar-refractivity contribution in [2.75, 3.05) is 6.61 Å². The Morgan fingerprint density at radius 2 is 1.92 bits per heavy atom. The van der Waals surface area contributed by atoms with E-state index < -0.39 is 5.54 Å². The quantitative estimate of drug-likeness (QED) is 0.820. The van der Waals surface area contributed by atoms with E-state index in [0.717, 1.165) is 30.6 Å². The predicted molar refractivity (Wildman–Crippen MR) is 101 cm³/mol. The molecule has 1 saturated carbocycles. The molecule has 0 saturated heterocycles. The van der Waals surface area contributed by atoms with Crippen LogP contribution < -0.4 is 15.8 Å². The van der Waals surface area contributed by atoms with Gasteiger partial charge in [0.2, 0.25) is 5.91 Å². The molecule has 0 spiro atoms. The van der Waals surface area contributed by atoms with Crippen molar-refractivity contribution in [3.63, 3.8) is 0 Å². The topological polar surface area (TPSA) is 64.3 Å². The highest BCUT2D eigenvalue weighted by atomic mass is 35.5. The van der Waals surface area contributed by atoms with Gasteiger partial charge < -0.3 is 15.8 Å². The van der Waals surface area contributed by atoms with E-state index in [2.05, 4.69) is 19.2 Å². The number of benzene rings is 1. The monoisotopic (exact) mass is 354 g/mol. The number of ether oxygens (including phenoxy) is 1.